The first kappa shape index (κ1) is 13.3. The fraction of sp³-hybridized carbons (Fsp3) is 0.500. The zero-order valence-corrected chi connectivity index (χ0v) is 11.2. The number of hydrogen-bond donors (Lipinski definition) is 2. The molecule has 1 unspecified atom stereocenters. The van der Waals surface area contributed by atoms with Crippen molar-refractivity contribution in [2.24, 2.45) is 5.92 Å². The van der Waals surface area contributed by atoms with Crippen LogP contribution in [0.25, 0.3) is 0 Å². The number of anilines is 1. The van der Waals surface area contributed by atoms with Crippen molar-refractivity contribution in [3.63, 3.8) is 0 Å². The van der Waals surface area contributed by atoms with Crippen LogP contribution in [0.5, 0.6) is 0 Å². The minimum absolute atomic E-state index is 0.0298. The van der Waals surface area contributed by atoms with E-state index in [0.29, 0.717) is 25.2 Å². The average Bonchev–Trinajstić information content (AvgIpc) is 2.81. The molecule has 0 bridgehead atoms. The van der Waals surface area contributed by atoms with Gasteiger partial charge in [0.1, 0.15) is 0 Å². The molecular weight excluding hydrogens is 252 g/mol. The zero-order chi connectivity index (χ0) is 13.3. The predicted octanol–water partition coefficient (Wildman–Crippen LogP) is 0.580. The topological polar surface area (TPSA) is 83.6 Å². The first-order chi connectivity index (χ1) is 8.45. The van der Waals surface area contributed by atoms with Gasteiger partial charge in [-0.25, -0.2) is 8.42 Å². The summed E-state index contributed by atoms with van der Waals surface area (Å²) in [4.78, 5) is 0.226. The van der Waals surface area contributed by atoms with E-state index in [1.807, 2.05) is 6.92 Å². The highest BCUT2D eigenvalue weighted by molar-refractivity contribution is 7.89. The summed E-state index contributed by atoms with van der Waals surface area (Å²) in [5.74, 6) is 0.0440. The molecule has 0 radical (unpaired) electrons. The molecule has 0 amide bonds. The Morgan fingerprint density at radius 2 is 2.22 bits per heavy atom. The normalized spacial score (nSPS) is 21.3. The molecule has 0 saturated carbocycles. The van der Waals surface area contributed by atoms with Gasteiger partial charge < -0.3 is 10.8 Å². The number of rotatable bonds is 3. The molecule has 2 rings (SSSR count). The Balaban J connectivity index is 2.28. The molecule has 1 aliphatic rings. The summed E-state index contributed by atoms with van der Waals surface area (Å²) >= 11 is 0. The molecular formula is C12H18N2O3S. The summed E-state index contributed by atoms with van der Waals surface area (Å²) in [6.07, 6.45) is 0.705. The smallest absolute Gasteiger partial charge is 0.243 e. The number of aliphatic hydroxyl groups excluding tert-OH is 1. The van der Waals surface area contributed by atoms with Crippen molar-refractivity contribution in [3.8, 4) is 0 Å². The van der Waals surface area contributed by atoms with Crippen molar-refractivity contribution in [1.29, 1.82) is 0 Å². The minimum atomic E-state index is -3.48. The average molecular weight is 270 g/mol. The second-order valence-electron chi connectivity index (χ2n) is 4.72. The maximum atomic E-state index is 12.3. The fourth-order valence-corrected chi connectivity index (χ4v) is 3.66. The van der Waals surface area contributed by atoms with Crippen LogP contribution >= 0.6 is 0 Å². The van der Waals surface area contributed by atoms with Crippen molar-refractivity contribution in [2.45, 2.75) is 18.2 Å². The van der Waals surface area contributed by atoms with Crippen LogP contribution in [0.4, 0.5) is 5.69 Å². The van der Waals surface area contributed by atoms with Gasteiger partial charge in [0.2, 0.25) is 10.0 Å². The highest BCUT2D eigenvalue weighted by Gasteiger charge is 2.32. The zero-order valence-electron chi connectivity index (χ0n) is 10.3. The van der Waals surface area contributed by atoms with Crippen LogP contribution < -0.4 is 5.73 Å². The van der Waals surface area contributed by atoms with Crippen LogP contribution in [0, 0.1) is 12.8 Å². The van der Waals surface area contributed by atoms with Gasteiger partial charge in [-0.2, -0.15) is 4.31 Å². The number of aryl methyl sites for hydroxylation is 1. The monoisotopic (exact) mass is 270 g/mol. The van der Waals surface area contributed by atoms with Gasteiger partial charge in [-0.15, -0.1) is 0 Å². The van der Waals surface area contributed by atoms with Crippen LogP contribution in [0.2, 0.25) is 0 Å². The number of aliphatic hydroxyl groups is 1. The van der Waals surface area contributed by atoms with Gasteiger partial charge in [0.05, 0.1) is 4.90 Å². The lowest BCUT2D eigenvalue weighted by Crippen LogP contribution is -2.29. The molecule has 100 valence electrons. The highest BCUT2D eigenvalue weighted by Crippen LogP contribution is 2.25. The molecule has 5 nitrogen and oxygen atoms in total. The molecule has 1 heterocycles. The second kappa shape index (κ2) is 4.87. The first-order valence-corrected chi connectivity index (χ1v) is 7.36. The molecule has 0 aliphatic carbocycles. The molecule has 3 N–H and O–H groups in total. The van der Waals surface area contributed by atoms with Crippen LogP contribution in [0.1, 0.15) is 12.0 Å². The van der Waals surface area contributed by atoms with Gasteiger partial charge in [0.15, 0.2) is 0 Å². The summed E-state index contributed by atoms with van der Waals surface area (Å²) in [7, 11) is -3.48. The van der Waals surface area contributed by atoms with Crippen LogP contribution in [-0.4, -0.2) is 37.5 Å². The summed E-state index contributed by atoms with van der Waals surface area (Å²) < 4.78 is 26.1. The van der Waals surface area contributed by atoms with Crippen LogP contribution in [0.15, 0.2) is 23.1 Å². The van der Waals surface area contributed by atoms with E-state index in [4.69, 9.17) is 10.8 Å². The lowest BCUT2D eigenvalue weighted by molar-refractivity contribution is 0.233. The summed E-state index contributed by atoms with van der Waals surface area (Å²) in [6, 6.07) is 4.78. The second-order valence-corrected chi connectivity index (χ2v) is 6.66. The van der Waals surface area contributed by atoms with Gasteiger partial charge in [-0.05, 0) is 37.0 Å². The van der Waals surface area contributed by atoms with Crippen molar-refractivity contribution in [1.82, 2.24) is 4.31 Å². The number of sulfonamides is 1. The van der Waals surface area contributed by atoms with Crippen molar-refractivity contribution in [2.75, 3.05) is 25.4 Å². The predicted molar refractivity (Wildman–Crippen MR) is 69.5 cm³/mol. The third kappa shape index (κ3) is 2.36. The van der Waals surface area contributed by atoms with E-state index < -0.39 is 10.0 Å². The fourth-order valence-electron chi connectivity index (χ4n) is 2.09. The van der Waals surface area contributed by atoms with Crippen molar-refractivity contribution >= 4 is 15.7 Å². The van der Waals surface area contributed by atoms with Gasteiger partial charge in [-0.1, -0.05) is 6.07 Å². The summed E-state index contributed by atoms with van der Waals surface area (Å²) in [6.45, 7) is 2.71. The Bertz CT molecular complexity index is 542. The van der Waals surface area contributed by atoms with E-state index in [1.54, 1.807) is 12.1 Å². The molecule has 1 atom stereocenters. The molecule has 18 heavy (non-hydrogen) atoms. The van der Waals surface area contributed by atoms with Gasteiger partial charge in [0, 0.05) is 25.4 Å². The molecule has 1 aromatic carbocycles. The Labute approximate surface area is 107 Å². The quantitative estimate of drug-likeness (QED) is 0.787. The van der Waals surface area contributed by atoms with Crippen molar-refractivity contribution in [3.05, 3.63) is 23.8 Å². The lowest BCUT2D eigenvalue weighted by Gasteiger charge is -2.17. The number of nitrogens with zero attached hydrogens (tertiary/aromatic N) is 1. The highest BCUT2D eigenvalue weighted by atomic mass is 32.2. The molecule has 1 aromatic rings. The number of nitrogens with two attached hydrogens (primary N) is 1. The number of nitrogen functional groups attached to an aromatic ring is 1. The summed E-state index contributed by atoms with van der Waals surface area (Å²) in [5, 5.41) is 9.06. The summed E-state index contributed by atoms with van der Waals surface area (Å²) in [5.41, 5.74) is 7.09. The standard InChI is InChI=1S/C12H18N2O3S/c1-9-2-3-11(6-12(9)13)18(16,17)14-5-4-10(7-14)8-15/h2-3,6,10,15H,4-5,7-8,13H2,1H3. The van der Waals surface area contributed by atoms with Crippen LogP contribution in [-0.2, 0) is 10.0 Å². The number of hydrogen-bond acceptors (Lipinski definition) is 4. The maximum Gasteiger partial charge on any atom is 0.243 e. The van der Waals surface area contributed by atoms with Gasteiger partial charge in [0.25, 0.3) is 0 Å². The molecule has 1 fully saturated rings. The molecule has 0 aromatic heterocycles. The van der Waals surface area contributed by atoms with Crippen LogP contribution in [0.3, 0.4) is 0 Å². The van der Waals surface area contributed by atoms with E-state index >= 15 is 0 Å². The lowest BCUT2D eigenvalue weighted by atomic mass is 10.1. The Morgan fingerprint density at radius 1 is 1.50 bits per heavy atom. The molecule has 1 aliphatic heterocycles. The molecule has 1 saturated heterocycles. The maximum absolute atomic E-state index is 12.3. The van der Waals surface area contributed by atoms with E-state index in [2.05, 4.69) is 0 Å². The Morgan fingerprint density at radius 3 is 2.78 bits per heavy atom. The van der Waals surface area contributed by atoms with Gasteiger partial charge in [-0.3, -0.25) is 0 Å². The third-order valence-electron chi connectivity index (χ3n) is 3.40. The Hall–Kier alpha value is -1.11. The third-order valence-corrected chi connectivity index (χ3v) is 5.26. The van der Waals surface area contributed by atoms with E-state index in [1.165, 1.54) is 10.4 Å². The minimum Gasteiger partial charge on any atom is -0.398 e. The molecule has 6 heteroatoms. The van der Waals surface area contributed by atoms with E-state index in [0.717, 1.165) is 5.56 Å². The largest absolute Gasteiger partial charge is 0.398 e. The van der Waals surface area contributed by atoms with E-state index in [-0.39, 0.29) is 17.4 Å². The van der Waals surface area contributed by atoms with Crippen molar-refractivity contribution < 1.29 is 13.5 Å². The number of benzene rings is 1. The van der Waals surface area contributed by atoms with Gasteiger partial charge >= 0.3 is 0 Å². The Kier molecular flexibility index (Phi) is 3.61. The first-order valence-electron chi connectivity index (χ1n) is 5.92. The molecule has 0 spiro atoms. The SMILES string of the molecule is Cc1ccc(S(=O)(=O)N2CCC(CO)C2)cc1N. The van der Waals surface area contributed by atoms with E-state index in [9.17, 15) is 8.42 Å².